The van der Waals surface area contributed by atoms with Crippen molar-refractivity contribution < 1.29 is 4.39 Å². The van der Waals surface area contributed by atoms with E-state index in [1.54, 1.807) is 12.1 Å². The fourth-order valence-electron chi connectivity index (χ4n) is 0.723. The molecule has 0 spiro atoms. The molecule has 0 aliphatic carbocycles. The van der Waals surface area contributed by atoms with Gasteiger partial charge in [-0.3, -0.25) is 0 Å². The van der Waals surface area contributed by atoms with Crippen LogP contribution in [0.25, 0.3) is 0 Å². The largest absolute Gasteiger partial charge is 0.206 e. The molecule has 0 aliphatic rings. The minimum atomic E-state index is -0.575. The van der Waals surface area contributed by atoms with Gasteiger partial charge in [0.1, 0.15) is 5.82 Å². The van der Waals surface area contributed by atoms with Crippen LogP contribution >= 0.6 is 63.7 Å². The Labute approximate surface area is 103 Å². The van der Waals surface area contributed by atoms with Crippen molar-refractivity contribution in [2.75, 3.05) is 0 Å². The van der Waals surface area contributed by atoms with Crippen molar-refractivity contribution in [3.63, 3.8) is 0 Å². The molecule has 0 aromatic heterocycles. The average molecular weight is 426 g/mol. The predicted molar refractivity (Wildman–Crippen MR) is 62.6 cm³/mol. The molecule has 1 rings (SSSR count). The minimum Gasteiger partial charge on any atom is -0.206 e. The van der Waals surface area contributed by atoms with E-state index in [2.05, 4.69) is 63.7 Å². The van der Waals surface area contributed by atoms with E-state index in [0.29, 0.717) is 4.47 Å². The summed E-state index contributed by atoms with van der Waals surface area (Å²) in [6, 6.07) is 4.84. The first-order valence-corrected chi connectivity index (χ1v) is 6.11. The van der Waals surface area contributed by atoms with Crippen LogP contribution in [-0.4, -0.2) is 0 Å². The second-order valence-corrected chi connectivity index (χ2v) is 9.65. The summed E-state index contributed by atoms with van der Waals surface area (Å²) in [6.45, 7) is 0. The van der Waals surface area contributed by atoms with E-state index in [1.807, 2.05) is 0 Å². The van der Waals surface area contributed by atoms with Gasteiger partial charge >= 0.3 is 0 Å². The molecule has 0 saturated carbocycles. The molecule has 0 nitrogen and oxygen atoms in total. The average Bonchev–Trinajstić information content (AvgIpc) is 1.92. The summed E-state index contributed by atoms with van der Waals surface area (Å²) in [5.41, 5.74) is 0.752. The van der Waals surface area contributed by atoms with Crippen molar-refractivity contribution in [2.45, 2.75) is 2.14 Å². The molecule has 0 aliphatic heterocycles. The highest BCUT2D eigenvalue weighted by atomic mass is 80.0. The lowest BCUT2D eigenvalue weighted by atomic mass is 10.2. The van der Waals surface area contributed by atoms with Gasteiger partial charge in [-0.15, -0.1) is 0 Å². The molecule has 12 heavy (non-hydrogen) atoms. The van der Waals surface area contributed by atoms with Crippen molar-refractivity contribution in [1.29, 1.82) is 0 Å². The quantitative estimate of drug-likeness (QED) is 0.520. The molecule has 66 valence electrons. The molecule has 0 bridgehead atoms. The maximum absolute atomic E-state index is 13.0. The topological polar surface area (TPSA) is 0 Å². The van der Waals surface area contributed by atoms with Gasteiger partial charge in [0.2, 0.25) is 0 Å². The molecule has 0 saturated heterocycles. The maximum Gasteiger partial charge on any atom is 0.161 e. The van der Waals surface area contributed by atoms with Gasteiger partial charge in [0, 0.05) is 5.56 Å². The second-order valence-electron chi connectivity index (χ2n) is 2.10. The zero-order chi connectivity index (χ0) is 9.35. The van der Waals surface area contributed by atoms with E-state index >= 15 is 0 Å². The number of halogens is 5. The van der Waals surface area contributed by atoms with Gasteiger partial charge in [-0.1, -0.05) is 59.9 Å². The van der Waals surface area contributed by atoms with Gasteiger partial charge in [-0.25, -0.2) is 4.39 Å². The van der Waals surface area contributed by atoms with Crippen LogP contribution in [0.2, 0.25) is 0 Å². The van der Waals surface area contributed by atoms with Gasteiger partial charge in [-0.2, -0.15) is 0 Å². The number of hydrogen-bond donors (Lipinski definition) is 0. The molecule has 0 atom stereocenters. The Kier molecular flexibility index (Phi) is 3.78. The first-order valence-electron chi connectivity index (χ1n) is 2.94. The van der Waals surface area contributed by atoms with Crippen LogP contribution in [-0.2, 0) is 2.14 Å². The van der Waals surface area contributed by atoms with Gasteiger partial charge in [-0.05, 0) is 22.0 Å². The zero-order valence-corrected chi connectivity index (χ0v) is 12.0. The minimum absolute atomic E-state index is 0.282. The van der Waals surface area contributed by atoms with Gasteiger partial charge in [0.05, 0.1) is 4.47 Å². The summed E-state index contributed by atoms with van der Waals surface area (Å²) in [5, 5.41) is 0. The maximum atomic E-state index is 13.0. The van der Waals surface area contributed by atoms with E-state index < -0.39 is 2.14 Å². The summed E-state index contributed by atoms with van der Waals surface area (Å²) >= 11 is 13.1. The Morgan fingerprint density at radius 1 is 1.17 bits per heavy atom. The first kappa shape index (κ1) is 11.1. The van der Waals surface area contributed by atoms with Crippen LogP contribution in [0.5, 0.6) is 0 Å². The molecule has 1 aromatic carbocycles. The molecular formula is C7H3Br4F. The van der Waals surface area contributed by atoms with E-state index in [0.717, 1.165) is 5.56 Å². The van der Waals surface area contributed by atoms with Crippen LogP contribution < -0.4 is 0 Å². The molecule has 0 amide bonds. The Morgan fingerprint density at radius 3 is 2.17 bits per heavy atom. The summed E-state index contributed by atoms with van der Waals surface area (Å²) < 4.78 is 12.9. The second kappa shape index (κ2) is 4.07. The molecule has 5 heteroatoms. The van der Waals surface area contributed by atoms with Crippen molar-refractivity contribution in [3.8, 4) is 0 Å². The third-order valence-corrected chi connectivity index (χ3v) is 3.34. The van der Waals surface area contributed by atoms with Crippen LogP contribution in [0.15, 0.2) is 22.7 Å². The fraction of sp³-hybridized carbons (Fsp3) is 0.143. The van der Waals surface area contributed by atoms with E-state index in [9.17, 15) is 4.39 Å². The molecule has 0 N–H and O–H groups in total. The number of alkyl halides is 3. The van der Waals surface area contributed by atoms with Crippen molar-refractivity contribution in [3.05, 3.63) is 34.1 Å². The van der Waals surface area contributed by atoms with Crippen LogP contribution in [0.4, 0.5) is 4.39 Å². The smallest absolute Gasteiger partial charge is 0.161 e. The normalized spacial score (nSPS) is 11.8. The summed E-state index contributed by atoms with van der Waals surface area (Å²) in [5.74, 6) is -0.282. The molecule has 0 radical (unpaired) electrons. The fourth-order valence-corrected chi connectivity index (χ4v) is 3.07. The predicted octanol–water partition coefficient (Wildman–Crippen LogP) is 4.88. The van der Waals surface area contributed by atoms with Crippen LogP contribution in [0.1, 0.15) is 5.56 Å². The SMILES string of the molecule is Fc1cccc(C(Br)(Br)Br)c1Br. The molecule has 0 fully saturated rings. The first-order chi connectivity index (χ1) is 5.43. The Balaban J connectivity index is 3.26. The van der Waals surface area contributed by atoms with Crippen molar-refractivity contribution in [2.24, 2.45) is 0 Å². The van der Waals surface area contributed by atoms with Crippen LogP contribution in [0, 0.1) is 5.82 Å². The highest BCUT2D eigenvalue weighted by Gasteiger charge is 2.24. The Hall–Kier alpha value is 1.07. The molecule has 0 heterocycles. The molecular weight excluding hydrogens is 423 g/mol. The highest BCUT2D eigenvalue weighted by molar-refractivity contribution is 9.38. The third kappa shape index (κ3) is 2.53. The highest BCUT2D eigenvalue weighted by Crippen LogP contribution is 2.47. The van der Waals surface area contributed by atoms with Crippen molar-refractivity contribution >= 4 is 63.7 Å². The number of benzene rings is 1. The zero-order valence-electron chi connectivity index (χ0n) is 5.62. The summed E-state index contributed by atoms with van der Waals surface area (Å²) in [6.07, 6.45) is 0. The standard InChI is InChI=1S/C7H3Br4F/c8-6-4(7(9,10)11)2-1-3-5(6)12/h1-3H. The van der Waals surface area contributed by atoms with Gasteiger partial charge in [0.25, 0.3) is 0 Å². The molecule has 0 unspecified atom stereocenters. The summed E-state index contributed by atoms with van der Waals surface area (Å²) in [7, 11) is 0. The van der Waals surface area contributed by atoms with E-state index in [1.165, 1.54) is 6.07 Å². The van der Waals surface area contributed by atoms with Gasteiger partial charge < -0.3 is 0 Å². The molecule has 1 aromatic rings. The van der Waals surface area contributed by atoms with Crippen LogP contribution in [0.3, 0.4) is 0 Å². The van der Waals surface area contributed by atoms with E-state index in [-0.39, 0.29) is 5.82 Å². The lowest BCUT2D eigenvalue weighted by Crippen LogP contribution is -1.99. The third-order valence-electron chi connectivity index (χ3n) is 1.26. The summed E-state index contributed by atoms with van der Waals surface area (Å²) in [4.78, 5) is 0. The lowest BCUT2D eigenvalue weighted by molar-refractivity contribution is 0.619. The Morgan fingerprint density at radius 2 is 1.75 bits per heavy atom. The number of hydrogen-bond acceptors (Lipinski definition) is 0. The number of rotatable bonds is 0. The van der Waals surface area contributed by atoms with Crippen molar-refractivity contribution in [1.82, 2.24) is 0 Å². The lowest BCUT2D eigenvalue weighted by Gasteiger charge is -2.14. The monoisotopic (exact) mass is 422 g/mol. The van der Waals surface area contributed by atoms with E-state index in [4.69, 9.17) is 0 Å². The Bertz CT molecular complexity index is 292. The van der Waals surface area contributed by atoms with Gasteiger partial charge in [0.15, 0.2) is 2.14 Å².